The highest BCUT2D eigenvalue weighted by molar-refractivity contribution is 5.71. The monoisotopic (exact) mass is 392 g/mol. The van der Waals surface area contributed by atoms with Crippen LogP contribution in [0.25, 0.3) is 0 Å². The van der Waals surface area contributed by atoms with Crippen LogP contribution in [-0.2, 0) is 9.53 Å². The Balaban J connectivity index is 2.72. The van der Waals surface area contributed by atoms with Crippen molar-refractivity contribution in [3.63, 3.8) is 0 Å². The summed E-state index contributed by atoms with van der Waals surface area (Å²) in [5.41, 5.74) is 6.18. The van der Waals surface area contributed by atoms with Gasteiger partial charge in [-0.15, -0.1) is 0 Å². The lowest BCUT2D eigenvalue weighted by molar-refractivity contribution is -0.387. The Morgan fingerprint density at radius 1 is 1.36 bits per heavy atom. The van der Waals surface area contributed by atoms with Crippen LogP contribution in [0.15, 0.2) is 6.20 Å². The second kappa shape index (κ2) is 8.43. The molecule has 12 nitrogen and oxygen atoms in total. The number of anilines is 1. The number of pyridine rings is 1. The van der Waals surface area contributed by atoms with Crippen LogP contribution in [0, 0.1) is 24.0 Å². The summed E-state index contributed by atoms with van der Waals surface area (Å²) in [5, 5.41) is 24.3. The van der Waals surface area contributed by atoms with Crippen molar-refractivity contribution < 1.29 is 24.3 Å². The topological polar surface area (TPSA) is 176 Å². The van der Waals surface area contributed by atoms with Crippen LogP contribution in [0.5, 0.6) is 11.6 Å². The summed E-state index contributed by atoms with van der Waals surface area (Å²) in [6.45, 7) is 3.19. The number of carbonyl (C=O) groups is 1. The molecule has 2 aromatic rings. The molecule has 0 saturated carbocycles. The average molecular weight is 392 g/mol. The summed E-state index contributed by atoms with van der Waals surface area (Å²) < 4.78 is 9.98. The maximum absolute atomic E-state index is 11.6. The number of methoxy groups -OCH3 is 2. The molecule has 0 radical (unpaired) electrons. The molecule has 0 aromatic carbocycles. The van der Waals surface area contributed by atoms with Gasteiger partial charge in [0.2, 0.25) is 5.95 Å². The van der Waals surface area contributed by atoms with Gasteiger partial charge in [-0.25, -0.2) is 4.98 Å². The standard InChI is InChI=1S/C16H20N6O6/c1-7-5-18-10(8(2)14(7)28-4)11(19-6-9(23)27-3)12-13(22(25)26)15(24)21-16(17)20-12/h5,11,19H,6H2,1-4H3,(H3,17,20,21,24). The van der Waals surface area contributed by atoms with Gasteiger partial charge in [0.05, 0.1) is 31.4 Å². The van der Waals surface area contributed by atoms with E-state index in [1.54, 1.807) is 13.8 Å². The highest BCUT2D eigenvalue weighted by atomic mass is 16.6. The van der Waals surface area contributed by atoms with Crippen molar-refractivity contribution in [1.82, 2.24) is 20.3 Å². The summed E-state index contributed by atoms with van der Waals surface area (Å²) in [6, 6.07) is -1.08. The fourth-order valence-corrected chi connectivity index (χ4v) is 2.77. The first-order chi connectivity index (χ1) is 13.2. The smallest absolute Gasteiger partial charge is 0.354 e. The molecular formula is C16H20N6O6. The van der Waals surface area contributed by atoms with Gasteiger partial charge in [-0.05, 0) is 13.8 Å². The van der Waals surface area contributed by atoms with Crippen molar-refractivity contribution in [2.24, 2.45) is 0 Å². The van der Waals surface area contributed by atoms with E-state index < -0.39 is 28.5 Å². The zero-order chi connectivity index (χ0) is 21.0. The number of rotatable bonds is 7. The van der Waals surface area contributed by atoms with Crippen molar-refractivity contribution in [3.05, 3.63) is 38.8 Å². The molecule has 0 aliphatic carbocycles. The second-order valence-corrected chi connectivity index (χ2v) is 5.77. The molecule has 0 bridgehead atoms. The minimum absolute atomic E-state index is 0.250. The zero-order valence-corrected chi connectivity index (χ0v) is 15.7. The van der Waals surface area contributed by atoms with E-state index in [-0.39, 0.29) is 18.2 Å². The van der Waals surface area contributed by atoms with E-state index in [0.29, 0.717) is 17.0 Å². The molecule has 150 valence electrons. The molecule has 2 aromatic heterocycles. The van der Waals surface area contributed by atoms with E-state index in [1.165, 1.54) is 20.4 Å². The van der Waals surface area contributed by atoms with Gasteiger partial charge >= 0.3 is 11.7 Å². The Morgan fingerprint density at radius 2 is 2.04 bits per heavy atom. The van der Waals surface area contributed by atoms with Crippen LogP contribution in [0.4, 0.5) is 11.6 Å². The Kier molecular flexibility index (Phi) is 6.26. The highest BCUT2D eigenvalue weighted by Gasteiger charge is 2.33. The van der Waals surface area contributed by atoms with E-state index in [1.807, 2.05) is 0 Å². The molecule has 4 N–H and O–H groups in total. The third-order valence-corrected chi connectivity index (χ3v) is 4.00. The van der Waals surface area contributed by atoms with Gasteiger partial charge in [0.25, 0.3) is 5.88 Å². The molecule has 2 heterocycles. The lowest BCUT2D eigenvalue weighted by Crippen LogP contribution is -2.31. The van der Waals surface area contributed by atoms with Gasteiger partial charge < -0.3 is 20.3 Å². The fourth-order valence-electron chi connectivity index (χ4n) is 2.77. The van der Waals surface area contributed by atoms with Crippen molar-refractivity contribution >= 4 is 17.6 Å². The molecule has 0 saturated heterocycles. The summed E-state index contributed by atoms with van der Waals surface area (Å²) >= 11 is 0. The number of aromatic hydroxyl groups is 1. The largest absolute Gasteiger partial charge is 0.496 e. The number of aromatic nitrogens is 3. The van der Waals surface area contributed by atoms with Crippen molar-refractivity contribution in [3.8, 4) is 11.6 Å². The van der Waals surface area contributed by atoms with Gasteiger partial charge in [-0.3, -0.25) is 25.2 Å². The highest BCUT2D eigenvalue weighted by Crippen LogP contribution is 2.37. The molecule has 12 heteroatoms. The van der Waals surface area contributed by atoms with E-state index in [2.05, 4.69) is 25.0 Å². The summed E-state index contributed by atoms with van der Waals surface area (Å²) in [6.07, 6.45) is 1.52. The number of nitrogen functional groups attached to an aromatic ring is 1. The second-order valence-electron chi connectivity index (χ2n) is 5.77. The maximum atomic E-state index is 11.6. The molecule has 0 spiro atoms. The number of hydrogen-bond donors (Lipinski definition) is 3. The molecule has 2 rings (SSSR count). The first-order valence-electron chi connectivity index (χ1n) is 8.02. The number of aryl methyl sites for hydroxylation is 1. The van der Waals surface area contributed by atoms with E-state index in [4.69, 9.17) is 10.5 Å². The van der Waals surface area contributed by atoms with Crippen molar-refractivity contribution in [2.75, 3.05) is 26.5 Å². The van der Waals surface area contributed by atoms with Crippen LogP contribution in [0.2, 0.25) is 0 Å². The predicted molar refractivity (Wildman–Crippen MR) is 96.9 cm³/mol. The molecule has 28 heavy (non-hydrogen) atoms. The SMILES string of the molecule is COC(=O)CNC(c1ncc(C)c(OC)c1C)c1nc(N)nc(O)c1[N+](=O)[O-]. The maximum Gasteiger partial charge on any atom is 0.354 e. The summed E-state index contributed by atoms with van der Waals surface area (Å²) in [7, 11) is 2.68. The first kappa shape index (κ1) is 20.8. The van der Waals surface area contributed by atoms with Gasteiger partial charge in [0.1, 0.15) is 11.8 Å². The molecule has 1 atom stereocenters. The lowest BCUT2D eigenvalue weighted by Gasteiger charge is -2.21. The quantitative estimate of drug-likeness (QED) is 0.340. The van der Waals surface area contributed by atoms with Gasteiger partial charge in [-0.1, -0.05) is 0 Å². The zero-order valence-electron chi connectivity index (χ0n) is 15.7. The molecule has 0 amide bonds. The predicted octanol–water partition coefficient (Wildman–Crippen LogP) is 0.545. The van der Waals surface area contributed by atoms with Gasteiger partial charge in [0.15, 0.2) is 5.69 Å². The van der Waals surface area contributed by atoms with Gasteiger partial charge in [0, 0.05) is 17.3 Å². The lowest BCUT2D eigenvalue weighted by atomic mass is 10.0. The van der Waals surface area contributed by atoms with Crippen LogP contribution in [0.1, 0.15) is 28.6 Å². The number of nitrogens with zero attached hydrogens (tertiary/aromatic N) is 4. The molecule has 0 aliphatic heterocycles. The van der Waals surface area contributed by atoms with Crippen LogP contribution >= 0.6 is 0 Å². The van der Waals surface area contributed by atoms with Crippen LogP contribution in [-0.4, -0.2) is 51.7 Å². The third-order valence-electron chi connectivity index (χ3n) is 4.00. The van der Waals surface area contributed by atoms with Crippen LogP contribution < -0.4 is 15.8 Å². The Morgan fingerprint density at radius 3 is 2.61 bits per heavy atom. The Bertz CT molecular complexity index is 919. The number of nitro groups is 1. The Hall–Kier alpha value is -3.54. The fraction of sp³-hybridized carbons (Fsp3) is 0.375. The molecular weight excluding hydrogens is 372 g/mol. The summed E-state index contributed by atoms with van der Waals surface area (Å²) in [5.74, 6) is -1.37. The van der Waals surface area contributed by atoms with Gasteiger partial charge in [-0.2, -0.15) is 4.98 Å². The number of nitrogens with one attached hydrogen (secondary N) is 1. The minimum atomic E-state index is -1.08. The van der Waals surface area contributed by atoms with Crippen molar-refractivity contribution in [2.45, 2.75) is 19.9 Å². The van der Waals surface area contributed by atoms with E-state index >= 15 is 0 Å². The van der Waals surface area contributed by atoms with E-state index in [0.717, 1.165) is 5.56 Å². The number of carbonyl (C=O) groups excluding carboxylic acids is 1. The number of nitrogens with two attached hydrogens (primary N) is 1. The number of esters is 1. The average Bonchev–Trinajstić information content (AvgIpc) is 2.62. The van der Waals surface area contributed by atoms with Crippen LogP contribution in [0.3, 0.4) is 0 Å². The first-order valence-corrected chi connectivity index (χ1v) is 8.02. The number of hydrogen-bond acceptors (Lipinski definition) is 11. The molecule has 0 aliphatic rings. The van der Waals surface area contributed by atoms with E-state index in [9.17, 15) is 20.0 Å². The Labute approximate surface area is 159 Å². The molecule has 0 fully saturated rings. The minimum Gasteiger partial charge on any atom is -0.496 e. The summed E-state index contributed by atoms with van der Waals surface area (Å²) in [4.78, 5) is 34.0. The third kappa shape index (κ3) is 4.06. The van der Waals surface area contributed by atoms with Crippen molar-refractivity contribution in [1.29, 1.82) is 0 Å². The number of ether oxygens (including phenoxy) is 2. The normalized spacial score (nSPS) is 11.7. The molecule has 1 unspecified atom stereocenters.